The van der Waals surface area contributed by atoms with Crippen LogP contribution in [0.5, 0.6) is 0 Å². The first-order valence-corrected chi connectivity index (χ1v) is 9.66. The van der Waals surface area contributed by atoms with E-state index in [1.807, 2.05) is 6.92 Å². The van der Waals surface area contributed by atoms with Crippen molar-refractivity contribution in [3.8, 4) is 0 Å². The first-order chi connectivity index (χ1) is 12.5. The van der Waals surface area contributed by atoms with Crippen LogP contribution in [0, 0.1) is 22.7 Å². The number of carbonyl (C=O) groups excluding carboxylic acids is 1. The monoisotopic (exact) mass is 362 g/mol. The van der Waals surface area contributed by atoms with Gasteiger partial charge in [-0.2, -0.15) is 0 Å². The van der Waals surface area contributed by atoms with Gasteiger partial charge in [0.25, 0.3) is 0 Å². The second kappa shape index (κ2) is 5.33. The van der Waals surface area contributed by atoms with Gasteiger partial charge in [0, 0.05) is 5.56 Å². The van der Waals surface area contributed by atoms with Crippen molar-refractivity contribution in [1.82, 2.24) is 0 Å². The SMILES string of the molecule is C[C@@H]1C[C@@H](O)[C@]23COC(=O)[C@]1(C[C@H](O)c1ccoc1)[C@H]2CCC[C@]31CO1. The summed E-state index contributed by atoms with van der Waals surface area (Å²) in [6, 6.07) is 1.73. The van der Waals surface area contributed by atoms with Gasteiger partial charge in [0.2, 0.25) is 0 Å². The van der Waals surface area contributed by atoms with E-state index in [0.717, 1.165) is 19.3 Å². The molecule has 142 valence electrons. The number of esters is 1. The van der Waals surface area contributed by atoms with Crippen LogP contribution in [0.2, 0.25) is 0 Å². The van der Waals surface area contributed by atoms with Gasteiger partial charge in [-0.1, -0.05) is 13.3 Å². The van der Waals surface area contributed by atoms with Crippen LogP contribution >= 0.6 is 0 Å². The summed E-state index contributed by atoms with van der Waals surface area (Å²) in [6.07, 6.45) is 5.29. The molecule has 1 spiro atoms. The van der Waals surface area contributed by atoms with Crippen LogP contribution in [0.4, 0.5) is 0 Å². The largest absolute Gasteiger partial charge is 0.472 e. The number of rotatable bonds is 3. The van der Waals surface area contributed by atoms with Crippen molar-refractivity contribution in [3.63, 3.8) is 0 Å². The van der Waals surface area contributed by atoms with Gasteiger partial charge in [-0.25, -0.2) is 0 Å². The Kier molecular flexibility index (Phi) is 3.44. The standard InChI is InChI=1S/C20H26O6/c1-12-7-16(22)20-11-25-17(23)19(12,8-14(21)13-4-6-24-9-13)15(20)3-2-5-18(20)10-26-18/h4,6,9,12,14-16,21-22H,2-3,5,7-8,10-11H2,1H3/t12-,14+,15-,16-,18+,19+,20+/m1/s1. The third-order valence-electron chi connectivity index (χ3n) is 7.99. The fraction of sp³-hybridized carbons (Fsp3) is 0.750. The van der Waals surface area contributed by atoms with Crippen LogP contribution in [-0.2, 0) is 14.3 Å². The average molecular weight is 362 g/mol. The molecule has 0 amide bonds. The van der Waals surface area contributed by atoms with Crippen molar-refractivity contribution in [2.45, 2.75) is 56.8 Å². The lowest BCUT2D eigenvalue weighted by Crippen LogP contribution is -2.72. The van der Waals surface area contributed by atoms with Crippen molar-refractivity contribution in [2.24, 2.45) is 22.7 Å². The van der Waals surface area contributed by atoms with E-state index in [2.05, 4.69) is 0 Å². The zero-order valence-corrected chi connectivity index (χ0v) is 15.0. The third kappa shape index (κ3) is 1.85. The van der Waals surface area contributed by atoms with Gasteiger partial charge in [-0.05, 0) is 43.6 Å². The number of hydrogen-bond acceptors (Lipinski definition) is 6. The summed E-state index contributed by atoms with van der Waals surface area (Å²) < 4.78 is 16.8. The molecule has 6 heteroatoms. The van der Waals surface area contributed by atoms with Gasteiger partial charge < -0.3 is 24.1 Å². The number of carbonyl (C=O) groups is 1. The highest BCUT2D eigenvalue weighted by molar-refractivity contribution is 5.79. The van der Waals surface area contributed by atoms with Crippen LogP contribution in [0.3, 0.4) is 0 Å². The van der Waals surface area contributed by atoms with Crippen LogP contribution < -0.4 is 0 Å². The van der Waals surface area contributed by atoms with Gasteiger partial charge in [-0.3, -0.25) is 4.79 Å². The summed E-state index contributed by atoms with van der Waals surface area (Å²) in [5, 5.41) is 22.0. The fourth-order valence-electron chi connectivity index (χ4n) is 6.57. The first-order valence-electron chi connectivity index (χ1n) is 9.66. The summed E-state index contributed by atoms with van der Waals surface area (Å²) in [6.45, 7) is 2.87. The molecular formula is C20H26O6. The maximum atomic E-state index is 13.2. The Morgan fingerprint density at radius 3 is 2.88 bits per heavy atom. The van der Waals surface area contributed by atoms with Gasteiger partial charge in [0.15, 0.2) is 0 Å². The molecule has 1 aromatic heterocycles. The summed E-state index contributed by atoms with van der Waals surface area (Å²) in [7, 11) is 0. The van der Waals surface area contributed by atoms with E-state index < -0.39 is 23.0 Å². The van der Waals surface area contributed by atoms with Crippen molar-refractivity contribution in [3.05, 3.63) is 24.2 Å². The van der Waals surface area contributed by atoms with Crippen molar-refractivity contribution in [1.29, 1.82) is 0 Å². The Labute approximate surface area is 152 Å². The van der Waals surface area contributed by atoms with E-state index in [1.165, 1.54) is 12.5 Å². The molecule has 26 heavy (non-hydrogen) atoms. The van der Waals surface area contributed by atoms with Gasteiger partial charge >= 0.3 is 5.97 Å². The van der Waals surface area contributed by atoms with Crippen molar-refractivity contribution < 1.29 is 28.9 Å². The average Bonchev–Trinajstić information content (AvgIpc) is 3.18. The highest BCUT2D eigenvalue weighted by Gasteiger charge is 2.78. The Balaban J connectivity index is 1.60. The van der Waals surface area contributed by atoms with E-state index >= 15 is 0 Å². The summed E-state index contributed by atoms with van der Waals surface area (Å²) in [4.78, 5) is 13.2. The Morgan fingerprint density at radius 2 is 2.19 bits per heavy atom. The van der Waals surface area contributed by atoms with E-state index in [1.54, 1.807) is 6.07 Å². The molecule has 4 aliphatic rings. The van der Waals surface area contributed by atoms with Gasteiger partial charge in [0.1, 0.15) is 12.2 Å². The molecule has 5 rings (SSSR count). The molecule has 3 heterocycles. The molecular weight excluding hydrogens is 336 g/mol. The second-order valence-electron chi connectivity index (χ2n) is 8.81. The smallest absolute Gasteiger partial charge is 0.312 e. The molecule has 2 saturated heterocycles. The van der Waals surface area contributed by atoms with E-state index in [4.69, 9.17) is 13.9 Å². The van der Waals surface area contributed by atoms with Crippen molar-refractivity contribution in [2.75, 3.05) is 13.2 Å². The van der Waals surface area contributed by atoms with E-state index in [9.17, 15) is 15.0 Å². The van der Waals surface area contributed by atoms with Crippen LogP contribution in [0.15, 0.2) is 23.0 Å². The Morgan fingerprint density at radius 1 is 1.38 bits per heavy atom. The summed E-state index contributed by atoms with van der Waals surface area (Å²) in [5.41, 5.74) is -1.02. The molecule has 7 atom stereocenters. The molecule has 1 aromatic rings. The zero-order chi connectivity index (χ0) is 18.2. The maximum absolute atomic E-state index is 13.2. The quantitative estimate of drug-likeness (QED) is 0.633. The topological polar surface area (TPSA) is 92.4 Å². The molecule has 2 aliphatic carbocycles. The Bertz CT molecular complexity index is 710. The molecule has 4 fully saturated rings. The lowest BCUT2D eigenvalue weighted by Gasteiger charge is -2.65. The molecule has 2 saturated carbocycles. The van der Waals surface area contributed by atoms with Crippen LogP contribution in [0.1, 0.15) is 50.7 Å². The lowest BCUT2D eigenvalue weighted by molar-refractivity contribution is -0.263. The number of epoxide rings is 1. The number of aliphatic hydroxyl groups excluding tert-OH is 2. The first kappa shape index (κ1) is 16.8. The predicted molar refractivity (Wildman–Crippen MR) is 89.9 cm³/mol. The number of hydrogen-bond donors (Lipinski definition) is 2. The van der Waals surface area contributed by atoms with Gasteiger partial charge in [0.05, 0.1) is 42.2 Å². The van der Waals surface area contributed by atoms with Crippen LogP contribution in [-0.4, -0.2) is 41.1 Å². The van der Waals surface area contributed by atoms with Gasteiger partial charge in [-0.15, -0.1) is 0 Å². The molecule has 2 aliphatic heterocycles. The zero-order valence-electron chi connectivity index (χ0n) is 15.0. The fourth-order valence-corrected chi connectivity index (χ4v) is 6.57. The predicted octanol–water partition coefficient (Wildman–Crippen LogP) is 2.20. The lowest BCUT2D eigenvalue weighted by atomic mass is 9.41. The highest BCUT2D eigenvalue weighted by Crippen LogP contribution is 2.71. The number of furan rings is 1. The molecule has 0 unspecified atom stereocenters. The number of aliphatic hydroxyl groups is 2. The molecule has 0 radical (unpaired) electrons. The maximum Gasteiger partial charge on any atom is 0.312 e. The molecule has 6 nitrogen and oxygen atoms in total. The summed E-state index contributed by atoms with van der Waals surface area (Å²) in [5.74, 6) is -0.329. The molecule has 2 bridgehead atoms. The van der Waals surface area contributed by atoms with E-state index in [-0.39, 0.29) is 30.0 Å². The summed E-state index contributed by atoms with van der Waals surface area (Å²) >= 11 is 0. The van der Waals surface area contributed by atoms with E-state index in [0.29, 0.717) is 25.0 Å². The molecule has 2 N–H and O–H groups in total. The van der Waals surface area contributed by atoms with Crippen LogP contribution in [0.25, 0.3) is 0 Å². The minimum atomic E-state index is -0.798. The Hall–Kier alpha value is -1.37. The highest BCUT2D eigenvalue weighted by atomic mass is 16.6. The second-order valence-corrected chi connectivity index (χ2v) is 8.81. The minimum Gasteiger partial charge on any atom is -0.472 e. The number of cyclic esters (lactones) is 1. The minimum absolute atomic E-state index is 0.0344. The normalized spacial score (nSPS) is 48.0. The van der Waals surface area contributed by atoms with Crippen molar-refractivity contribution >= 4 is 5.97 Å². The molecule has 0 aromatic carbocycles. The third-order valence-corrected chi connectivity index (χ3v) is 7.99. The number of ether oxygens (including phenoxy) is 2.